The van der Waals surface area contributed by atoms with E-state index in [-0.39, 0.29) is 5.91 Å². The molecule has 96 valence electrons. The van der Waals surface area contributed by atoms with Crippen LogP contribution in [-0.4, -0.2) is 53.3 Å². The number of hydrogen-bond donors (Lipinski definition) is 0. The molecule has 1 heterocycles. The zero-order valence-corrected chi connectivity index (χ0v) is 11.2. The van der Waals surface area contributed by atoms with Gasteiger partial charge in [-0.25, -0.2) is 0 Å². The van der Waals surface area contributed by atoms with Gasteiger partial charge in [0, 0.05) is 33.1 Å². The highest BCUT2D eigenvalue weighted by atomic mass is 35.5. The van der Waals surface area contributed by atoms with Crippen LogP contribution in [0.5, 0.6) is 0 Å². The smallest absolute Gasteiger partial charge is 0.272 e. The normalized spacial score (nSPS) is 10.6. The van der Waals surface area contributed by atoms with Gasteiger partial charge in [0.1, 0.15) is 5.69 Å². The van der Waals surface area contributed by atoms with E-state index in [4.69, 9.17) is 16.3 Å². The number of halogens is 1. The van der Waals surface area contributed by atoms with E-state index in [1.165, 1.54) is 0 Å². The molecule has 0 N–H and O–H groups in total. The highest BCUT2D eigenvalue weighted by molar-refractivity contribution is 6.18. The fraction of sp³-hybridized carbons (Fsp3) is 0.636. The molecule has 0 aromatic carbocycles. The van der Waals surface area contributed by atoms with Crippen molar-refractivity contribution in [2.45, 2.75) is 6.92 Å². The molecule has 0 bridgehead atoms. The van der Waals surface area contributed by atoms with Gasteiger partial charge in [-0.1, -0.05) is 0 Å². The zero-order chi connectivity index (χ0) is 12.8. The maximum Gasteiger partial charge on any atom is 0.272 e. The summed E-state index contributed by atoms with van der Waals surface area (Å²) in [6.07, 6.45) is 0. The molecule has 17 heavy (non-hydrogen) atoms. The number of rotatable bonds is 6. The number of carbonyl (C=O) groups excluding carboxylic acids is 1. The SMILES string of the molecule is COCCN(CCCl)C(=O)c1cc(C)nn1C. The van der Waals surface area contributed by atoms with Gasteiger partial charge in [0.25, 0.3) is 5.91 Å². The van der Waals surface area contributed by atoms with Gasteiger partial charge in [0.2, 0.25) is 0 Å². The molecule has 1 aromatic heterocycles. The molecule has 1 amide bonds. The maximum atomic E-state index is 12.2. The Morgan fingerprint density at radius 1 is 1.59 bits per heavy atom. The summed E-state index contributed by atoms with van der Waals surface area (Å²) < 4.78 is 6.57. The van der Waals surface area contributed by atoms with E-state index in [1.54, 1.807) is 29.8 Å². The maximum absolute atomic E-state index is 12.2. The average molecular weight is 260 g/mol. The van der Waals surface area contributed by atoms with E-state index in [0.717, 1.165) is 5.69 Å². The Balaban J connectivity index is 2.79. The summed E-state index contributed by atoms with van der Waals surface area (Å²) in [6.45, 7) is 3.40. The molecule has 0 aliphatic rings. The minimum absolute atomic E-state index is 0.0641. The first kappa shape index (κ1) is 14.0. The van der Waals surface area contributed by atoms with Crippen molar-refractivity contribution in [1.82, 2.24) is 14.7 Å². The van der Waals surface area contributed by atoms with Gasteiger partial charge in [0.15, 0.2) is 0 Å². The average Bonchev–Trinajstić information content (AvgIpc) is 2.63. The fourth-order valence-corrected chi connectivity index (χ4v) is 1.80. The molecule has 0 unspecified atom stereocenters. The lowest BCUT2D eigenvalue weighted by Crippen LogP contribution is -2.36. The van der Waals surface area contributed by atoms with Crippen LogP contribution in [0.15, 0.2) is 6.07 Å². The topological polar surface area (TPSA) is 47.4 Å². The van der Waals surface area contributed by atoms with Crippen LogP contribution in [0.3, 0.4) is 0 Å². The predicted octanol–water partition coefficient (Wildman–Crippen LogP) is 1.06. The molecule has 0 fully saturated rings. The standard InChI is InChI=1S/C11H18ClN3O2/c1-9-8-10(14(2)13-9)11(16)15(5-4-12)6-7-17-3/h8H,4-7H2,1-3H3. The Hall–Kier alpha value is -1.07. The number of aromatic nitrogens is 2. The molecule has 1 aromatic rings. The van der Waals surface area contributed by atoms with Crippen molar-refractivity contribution in [1.29, 1.82) is 0 Å². The highest BCUT2D eigenvalue weighted by Crippen LogP contribution is 2.06. The third-order valence-corrected chi connectivity index (χ3v) is 2.60. The van der Waals surface area contributed by atoms with E-state index in [9.17, 15) is 4.79 Å². The predicted molar refractivity (Wildman–Crippen MR) is 66.4 cm³/mol. The molecule has 0 spiro atoms. The largest absolute Gasteiger partial charge is 0.383 e. The minimum Gasteiger partial charge on any atom is -0.383 e. The van der Waals surface area contributed by atoms with Gasteiger partial charge in [-0.05, 0) is 13.0 Å². The van der Waals surface area contributed by atoms with Gasteiger partial charge in [-0.2, -0.15) is 5.10 Å². The van der Waals surface area contributed by atoms with Gasteiger partial charge in [-0.15, -0.1) is 11.6 Å². The number of ether oxygens (including phenoxy) is 1. The van der Waals surface area contributed by atoms with Gasteiger partial charge in [0.05, 0.1) is 12.3 Å². The van der Waals surface area contributed by atoms with E-state index in [0.29, 0.717) is 31.3 Å². The summed E-state index contributed by atoms with van der Waals surface area (Å²) >= 11 is 5.69. The van der Waals surface area contributed by atoms with Crippen molar-refractivity contribution < 1.29 is 9.53 Å². The third kappa shape index (κ3) is 3.71. The summed E-state index contributed by atoms with van der Waals surface area (Å²) in [5.74, 6) is 0.345. The number of nitrogens with zero attached hydrogens (tertiary/aromatic N) is 3. The molecule has 0 aliphatic heterocycles. The molecular formula is C11H18ClN3O2. The number of hydrogen-bond acceptors (Lipinski definition) is 3. The van der Waals surface area contributed by atoms with Crippen molar-refractivity contribution in [3.63, 3.8) is 0 Å². The van der Waals surface area contributed by atoms with E-state index >= 15 is 0 Å². The second kappa shape index (κ2) is 6.61. The molecule has 0 saturated carbocycles. The van der Waals surface area contributed by atoms with Crippen molar-refractivity contribution in [2.24, 2.45) is 7.05 Å². The number of carbonyl (C=O) groups is 1. The summed E-state index contributed by atoms with van der Waals surface area (Å²) in [4.78, 5) is 13.9. The molecule has 0 saturated heterocycles. The second-order valence-electron chi connectivity index (χ2n) is 3.77. The summed E-state index contributed by atoms with van der Waals surface area (Å²) in [6, 6.07) is 1.77. The second-order valence-corrected chi connectivity index (χ2v) is 4.15. The van der Waals surface area contributed by atoms with E-state index < -0.39 is 0 Å². The summed E-state index contributed by atoms with van der Waals surface area (Å²) in [5.41, 5.74) is 1.40. The van der Waals surface area contributed by atoms with Crippen molar-refractivity contribution in [2.75, 3.05) is 32.7 Å². The first-order chi connectivity index (χ1) is 8.10. The zero-order valence-electron chi connectivity index (χ0n) is 10.4. The van der Waals surface area contributed by atoms with Crippen LogP contribution in [0.4, 0.5) is 0 Å². The molecule has 0 radical (unpaired) electrons. The number of amides is 1. The fourth-order valence-electron chi connectivity index (χ4n) is 1.59. The van der Waals surface area contributed by atoms with E-state index in [1.807, 2.05) is 6.92 Å². The van der Waals surface area contributed by atoms with Crippen LogP contribution >= 0.6 is 11.6 Å². The Morgan fingerprint density at radius 3 is 2.76 bits per heavy atom. The lowest BCUT2D eigenvalue weighted by atomic mass is 10.3. The minimum atomic E-state index is -0.0641. The molecule has 0 aliphatic carbocycles. The summed E-state index contributed by atoms with van der Waals surface area (Å²) in [7, 11) is 3.37. The van der Waals surface area contributed by atoms with Crippen LogP contribution in [0.1, 0.15) is 16.2 Å². The molecular weight excluding hydrogens is 242 g/mol. The van der Waals surface area contributed by atoms with Crippen LogP contribution < -0.4 is 0 Å². The van der Waals surface area contributed by atoms with E-state index in [2.05, 4.69) is 5.10 Å². The highest BCUT2D eigenvalue weighted by Gasteiger charge is 2.18. The Bertz CT molecular complexity index is 379. The van der Waals surface area contributed by atoms with Gasteiger partial charge >= 0.3 is 0 Å². The van der Waals surface area contributed by atoms with Crippen LogP contribution in [0.25, 0.3) is 0 Å². The van der Waals surface area contributed by atoms with Crippen LogP contribution in [0.2, 0.25) is 0 Å². The molecule has 1 rings (SSSR count). The number of aryl methyl sites for hydroxylation is 2. The van der Waals surface area contributed by atoms with Crippen molar-refractivity contribution >= 4 is 17.5 Å². The van der Waals surface area contributed by atoms with Gasteiger partial charge in [-0.3, -0.25) is 9.48 Å². The molecule has 6 heteroatoms. The lowest BCUT2D eigenvalue weighted by Gasteiger charge is -2.21. The first-order valence-corrected chi connectivity index (χ1v) is 5.98. The Morgan fingerprint density at radius 2 is 2.29 bits per heavy atom. The lowest BCUT2D eigenvalue weighted by molar-refractivity contribution is 0.0697. The molecule has 0 atom stereocenters. The molecule has 5 nitrogen and oxygen atoms in total. The number of methoxy groups -OCH3 is 1. The summed E-state index contributed by atoms with van der Waals surface area (Å²) in [5, 5.41) is 4.16. The van der Waals surface area contributed by atoms with Gasteiger partial charge < -0.3 is 9.64 Å². The van der Waals surface area contributed by atoms with Crippen LogP contribution in [-0.2, 0) is 11.8 Å². The number of alkyl halides is 1. The van der Waals surface area contributed by atoms with Crippen LogP contribution in [0, 0.1) is 6.92 Å². The monoisotopic (exact) mass is 259 g/mol. The quantitative estimate of drug-likeness (QED) is 0.718. The Kier molecular flexibility index (Phi) is 5.44. The van der Waals surface area contributed by atoms with Crippen molar-refractivity contribution in [3.05, 3.63) is 17.5 Å². The Labute approximate surface area is 106 Å². The third-order valence-electron chi connectivity index (χ3n) is 2.43. The van der Waals surface area contributed by atoms with Crippen molar-refractivity contribution in [3.8, 4) is 0 Å². The first-order valence-electron chi connectivity index (χ1n) is 5.45.